The van der Waals surface area contributed by atoms with Crippen LogP contribution in [0.15, 0.2) is 18.2 Å². The summed E-state index contributed by atoms with van der Waals surface area (Å²) in [7, 11) is 3.95. The molecule has 0 unspecified atom stereocenters. The maximum atomic E-state index is 11.6. The zero-order valence-corrected chi connectivity index (χ0v) is 13.0. The Balaban J connectivity index is 3.02. The van der Waals surface area contributed by atoms with Crippen molar-refractivity contribution in [2.75, 3.05) is 21.3 Å². The number of carbonyl (C=O) groups excluding carboxylic acids is 2. The standard InChI is InChI=1S/C12H14INO5/c1-17-9-4-5-10(13)8(6-9)7-14(11(15)18-2)12(16)19-3/h4-6H,7H2,1-3H3. The molecule has 0 spiro atoms. The fourth-order valence-corrected chi connectivity index (χ4v) is 1.90. The van der Waals surface area contributed by atoms with Gasteiger partial charge in [0, 0.05) is 3.57 Å². The van der Waals surface area contributed by atoms with Gasteiger partial charge in [-0.05, 0) is 46.4 Å². The fourth-order valence-electron chi connectivity index (χ4n) is 1.39. The predicted octanol–water partition coefficient (Wildman–Crippen LogP) is 2.63. The average Bonchev–Trinajstić information content (AvgIpc) is 2.44. The van der Waals surface area contributed by atoms with Gasteiger partial charge in [0.2, 0.25) is 0 Å². The molecule has 0 saturated carbocycles. The maximum absolute atomic E-state index is 11.6. The van der Waals surface area contributed by atoms with Crippen LogP contribution >= 0.6 is 22.6 Å². The van der Waals surface area contributed by atoms with Crippen LogP contribution in [-0.4, -0.2) is 38.4 Å². The number of carbonyl (C=O) groups is 2. The molecule has 0 fully saturated rings. The monoisotopic (exact) mass is 379 g/mol. The molecule has 0 heterocycles. The highest BCUT2D eigenvalue weighted by molar-refractivity contribution is 14.1. The lowest BCUT2D eigenvalue weighted by atomic mass is 10.2. The van der Waals surface area contributed by atoms with Gasteiger partial charge in [-0.2, -0.15) is 0 Å². The summed E-state index contributed by atoms with van der Waals surface area (Å²) in [4.78, 5) is 24.0. The summed E-state index contributed by atoms with van der Waals surface area (Å²) < 4.78 is 15.1. The van der Waals surface area contributed by atoms with Crippen LogP contribution in [0.4, 0.5) is 9.59 Å². The van der Waals surface area contributed by atoms with Crippen molar-refractivity contribution in [1.82, 2.24) is 4.90 Å². The summed E-state index contributed by atoms with van der Waals surface area (Å²) in [6.07, 6.45) is -1.55. The van der Waals surface area contributed by atoms with Crippen molar-refractivity contribution in [3.8, 4) is 5.75 Å². The van der Waals surface area contributed by atoms with Gasteiger partial charge in [0.05, 0.1) is 27.9 Å². The second-order valence-corrected chi connectivity index (χ2v) is 4.65. The summed E-state index contributed by atoms with van der Waals surface area (Å²) in [5.41, 5.74) is 0.760. The van der Waals surface area contributed by atoms with Crippen LogP contribution in [-0.2, 0) is 16.0 Å². The van der Waals surface area contributed by atoms with Gasteiger partial charge in [-0.1, -0.05) is 0 Å². The van der Waals surface area contributed by atoms with E-state index in [1.165, 1.54) is 14.2 Å². The van der Waals surface area contributed by atoms with Gasteiger partial charge in [0.25, 0.3) is 0 Å². The molecule has 1 aromatic carbocycles. The molecule has 0 aliphatic carbocycles. The molecular weight excluding hydrogens is 365 g/mol. The largest absolute Gasteiger partial charge is 0.497 e. The Kier molecular flexibility index (Phi) is 5.87. The lowest BCUT2D eigenvalue weighted by Crippen LogP contribution is -2.36. The van der Waals surface area contributed by atoms with E-state index < -0.39 is 12.2 Å². The van der Waals surface area contributed by atoms with Crippen molar-refractivity contribution in [3.05, 3.63) is 27.3 Å². The molecule has 0 aliphatic heterocycles. The first-order valence-corrected chi connectivity index (χ1v) is 6.37. The van der Waals surface area contributed by atoms with Crippen LogP contribution in [0.2, 0.25) is 0 Å². The fraction of sp³-hybridized carbons (Fsp3) is 0.333. The van der Waals surface area contributed by atoms with Crippen molar-refractivity contribution >= 4 is 34.8 Å². The third-order valence-corrected chi connectivity index (χ3v) is 3.42. The highest BCUT2D eigenvalue weighted by Gasteiger charge is 2.24. The molecule has 0 N–H and O–H groups in total. The molecule has 1 rings (SSSR count). The number of hydrogen-bond acceptors (Lipinski definition) is 5. The van der Waals surface area contributed by atoms with E-state index in [1.807, 2.05) is 6.07 Å². The first-order valence-electron chi connectivity index (χ1n) is 5.29. The Morgan fingerprint density at radius 1 is 1.16 bits per heavy atom. The Morgan fingerprint density at radius 2 is 1.74 bits per heavy atom. The molecule has 0 saturated heterocycles. The number of amides is 2. The maximum Gasteiger partial charge on any atom is 0.419 e. The van der Waals surface area contributed by atoms with E-state index in [1.54, 1.807) is 19.2 Å². The lowest BCUT2D eigenvalue weighted by molar-refractivity contribution is 0.0959. The molecule has 0 aromatic heterocycles. The Labute approximate surface area is 124 Å². The number of benzene rings is 1. The van der Waals surface area contributed by atoms with Gasteiger partial charge in [-0.25, -0.2) is 14.5 Å². The van der Waals surface area contributed by atoms with Crippen molar-refractivity contribution < 1.29 is 23.8 Å². The third-order valence-electron chi connectivity index (χ3n) is 2.37. The van der Waals surface area contributed by atoms with E-state index in [0.29, 0.717) is 5.75 Å². The van der Waals surface area contributed by atoms with Gasteiger partial charge < -0.3 is 14.2 Å². The first kappa shape index (κ1) is 15.5. The summed E-state index contributed by atoms with van der Waals surface area (Å²) in [6.45, 7) is 0.0504. The zero-order chi connectivity index (χ0) is 14.4. The Morgan fingerprint density at radius 3 is 2.21 bits per heavy atom. The van der Waals surface area contributed by atoms with Crippen LogP contribution < -0.4 is 4.74 Å². The average molecular weight is 379 g/mol. The number of ether oxygens (including phenoxy) is 3. The van der Waals surface area contributed by atoms with Gasteiger partial charge in [0.15, 0.2) is 0 Å². The second-order valence-electron chi connectivity index (χ2n) is 3.48. The van der Waals surface area contributed by atoms with Crippen molar-refractivity contribution in [1.29, 1.82) is 0 Å². The molecule has 0 radical (unpaired) electrons. The van der Waals surface area contributed by atoms with Crippen LogP contribution in [0.3, 0.4) is 0 Å². The predicted molar refractivity (Wildman–Crippen MR) is 76.1 cm³/mol. The van der Waals surface area contributed by atoms with Crippen molar-refractivity contribution in [3.63, 3.8) is 0 Å². The van der Waals surface area contributed by atoms with Crippen molar-refractivity contribution in [2.24, 2.45) is 0 Å². The SMILES string of the molecule is COC(=O)N(Cc1cc(OC)ccc1I)C(=O)OC. The number of methoxy groups -OCH3 is 3. The number of hydrogen-bond donors (Lipinski definition) is 0. The van der Waals surface area contributed by atoms with Crippen molar-refractivity contribution in [2.45, 2.75) is 6.54 Å². The summed E-state index contributed by atoms with van der Waals surface area (Å²) >= 11 is 2.11. The lowest BCUT2D eigenvalue weighted by Gasteiger charge is -2.18. The van der Waals surface area contributed by atoms with Gasteiger partial charge in [0.1, 0.15) is 5.75 Å². The number of nitrogens with zero attached hydrogens (tertiary/aromatic N) is 1. The molecule has 1 aromatic rings. The van der Waals surface area contributed by atoms with E-state index >= 15 is 0 Å². The molecule has 7 heteroatoms. The second kappa shape index (κ2) is 7.17. The van der Waals surface area contributed by atoms with E-state index in [2.05, 4.69) is 32.1 Å². The minimum absolute atomic E-state index is 0.0504. The molecule has 104 valence electrons. The van der Waals surface area contributed by atoms with Gasteiger partial charge in [-0.15, -0.1) is 0 Å². The number of halogens is 1. The van der Waals surface area contributed by atoms with E-state index in [4.69, 9.17) is 4.74 Å². The first-order chi connectivity index (χ1) is 9.03. The highest BCUT2D eigenvalue weighted by atomic mass is 127. The summed E-state index contributed by atoms with van der Waals surface area (Å²) in [5.74, 6) is 0.644. The minimum atomic E-state index is -0.773. The van der Waals surface area contributed by atoms with Gasteiger partial charge >= 0.3 is 12.2 Å². The van der Waals surface area contributed by atoms with E-state index in [-0.39, 0.29) is 6.54 Å². The number of imide groups is 1. The minimum Gasteiger partial charge on any atom is -0.497 e. The van der Waals surface area contributed by atoms with E-state index in [9.17, 15) is 9.59 Å². The van der Waals surface area contributed by atoms with Gasteiger partial charge in [-0.3, -0.25) is 0 Å². The highest BCUT2D eigenvalue weighted by Crippen LogP contribution is 2.21. The zero-order valence-electron chi connectivity index (χ0n) is 10.8. The molecule has 19 heavy (non-hydrogen) atoms. The topological polar surface area (TPSA) is 65.1 Å². The molecule has 0 aliphatic rings. The summed E-state index contributed by atoms with van der Waals surface area (Å²) in [5, 5.41) is 0. The molecule has 0 bridgehead atoms. The van der Waals surface area contributed by atoms with Crippen LogP contribution in [0, 0.1) is 3.57 Å². The molecule has 6 nitrogen and oxygen atoms in total. The molecular formula is C12H14INO5. The normalized spacial score (nSPS) is 9.68. The van der Waals surface area contributed by atoms with Crippen LogP contribution in [0.5, 0.6) is 5.75 Å². The number of rotatable bonds is 3. The Bertz CT molecular complexity index is 461. The Hall–Kier alpha value is -1.51. The summed E-state index contributed by atoms with van der Waals surface area (Å²) in [6, 6.07) is 5.38. The quantitative estimate of drug-likeness (QED) is 0.756. The third kappa shape index (κ3) is 3.98. The smallest absolute Gasteiger partial charge is 0.419 e. The van der Waals surface area contributed by atoms with E-state index in [0.717, 1.165) is 14.0 Å². The van der Waals surface area contributed by atoms with Crippen LogP contribution in [0.25, 0.3) is 0 Å². The molecule has 0 atom stereocenters. The van der Waals surface area contributed by atoms with Crippen LogP contribution in [0.1, 0.15) is 5.56 Å². The molecule has 2 amide bonds.